The number of hydrogen-bond donors (Lipinski definition) is 1. The van der Waals surface area contributed by atoms with Crippen molar-refractivity contribution < 1.29 is 4.74 Å². The van der Waals surface area contributed by atoms with Crippen LogP contribution in [-0.4, -0.2) is 24.4 Å². The molecule has 0 saturated carbocycles. The van der Waals surface area contributed by atoms with Crippen molar-refractivity contribution >= 4 is 24.2 Å². The minimum absolute atomic E-state index is 0. The van der Waals surface area contributed by atoms with Crippen LogP contribution in [0.2, 0.25) is 0 Å². The van der Waals surface area contributed by atoms with Crippen LogP contribution in [0.1, 0.15) is 35.6 Å². The van der Waals surface area contributed by atoms with Crippen molar-refractivity contribution in [2.45, 2.75) is 36.6 Å². The Morgan fingerprint density at radius 3 is 2.81 bits per heavy atom. The van der Waals surface area contributed by atoms with E-state index >= 15 is 0 Å². The first-order valence-electron chi connectivity index (χ1n) is 9.15. The van der Waals surface area contributed by atoms with Crippen molar-refractivity contribution in [3.63, 3.8) is 0 Å². The Hall–Kier alpha value is -1.20. The molecule has 0 spiro atoms. The zero-order valence-corrected chi connectivity index (χ0v) is 16.8. The van der Waals surface area contributed by atoms with Gasteiger partial charge in [0, 0.05) is 17.9 Å². The van der Waals surface area contributed by atoms with Crippen LogP contribution in [0.5, 0.6) is 5.75 Å². The van der Waals surface area contributed by atoms with E-state index < -0.39 is 0 Å². The molecule has 1 fully saturated rings. The number of nitrogens with two attached hydrogens (primary N) is 1. The third kappa shape index (κ3) is 3.89. The van der Waals surface area contributed by atoms with Crippen molar-refractivity contribution in [3.05, 3.63) is 59.2 Å². The van der Waals surface area contributed by atoms with Crippen LogP contribution in [0.15, 0.2) is 47.4 Å². The Morgan fingerprint density at radius 2 is 2.04 bits per heavy atom. The lowest BCUT2D eigenvalue weighted by Crippen LogP contribution is -2.44. The van der Waals surface area contributed by atoms with Crippen LogP contribution >= 0.6 is 24.2 Å². The molecule has 140 valence electrons. The van der Waals surface area contributed by atoms with Crippen LogP contribution in [0.3, 0.4) is 0 Å². The largest absolute Gasteiger partial charge is 0.493 e. The molecule has 1 saturated heterocycles. The molecule has 2 atom stereocenters. The van der Waals surface area contributed by atoms with Crippen LogP contribution < -0.4 is 10.6 Å². The highest BCUT2D eigenvalue weighted by atomic mass is 35.5. The number of ether oxygens (including phenoxy) is 1. The van der Waals surface area contributed by atoms with Gasteiger partial charge >= 0.3 is 0 Å². The summed E-state index contributed by atoms with van der Waals surface area (Å²) >= 11 is 1.82. The lowest BCUT2D eigenvalue weighted by Gasteiger charge is -2.39. The van der Waals surface area contributed by atoms with Gasteiger partial charge in [-0.2, -0.15) is 0 Å². The number of thioether (sulfide) groups is 1. The monoisotopic (exact) mass is 390 g/mol. The van der Waals surface area contributed by atoms with E-state index in [9.17, 15) is 0 Å². The lowest BCUT2D eigenvalue weighted by molar-refractivity contribution is 0.0922. The highest BCUT2D eigenvalue weighted by molar-refractivity contribution is 7.98. The number of hydrazine groups is 1. The predicted molar refractivity (Wildman–Crippen MR) is 111 cm³/mol. The van der Waals surface area contributed by atoms with E-state index in [2.05, 4.69) is 48.7 Å². The molecule has 0 aromatic heterocycles. The zero-order chi connectivity index (χ0) is 17.2. The Bertz CT molecular complexity index is 740. The molecule has 4 rings (SSSR count). The molecule has 2 heterocycles. The third-order valence-corrected chi connectivity index (χ3v) is 6.20. The maximum Gasteiger partial charge on any atom is 0.125 e. The average Bonchev–Trinajstić information content (AvgIpc) is 3.11. The fourth-order valence-electron chi connectivity index (χ4n) is 4.34. The van der Waals surface area contributed by atoms with Crippen molar-refractivity contribution in [2.24, 2.45) is 11.8 Å². The molecular weight excluding hydrogens is 364 g/mol. The van der Waals surface area contributed by atoms with Gasteiger partial charge in [-0.3, -0.25) is 5.84 Å². The molecule has 2 N–H and O–H groups in total. The molecule has 0 unspecified atom stereocenters. The lowest BCUT2D eigenvalue weighted by atomic mass is 9.81. The summed E-state index contributed by atoms with van der Waals surface area (Å²) < 4.78 is 5.98. The zero-order valence-electron chi connectivity index (χ0n) is 15.2. The van der Waals surface area contributed by atoms with Gasteiger partial charge in [-0.05, 0) is 60.3 Å². The number of nitrogens with zero attached hydrogens (tertiary/aromatic N) is 1. The van der Waals surface area contributed by atoms with Crippen LogP contribution in [0.25, 0.3) is 0 Å². The summed E-state index contributed by atoms with van der Waals surface area (Å²) in [6.07, 6.45) is 6.59. The fourth-order valence-corrected chi connectivity index (χ4v) is 4.86. The molecule has 2 aliphatic heterocycles. The minimum Gasteiger partial charge on any atom is -0.493 e. The molecule has 2 aromatic rings. The van der Waals surface area contributed by atoms with Gasteiger partial charge in [-0.25, -0.2) is 5.01 Å². The fraction of sp³-hybridized carbons (Fsp3) is 0.429. The Kier molecular flexibility index (Phi) is 6.51. The van der Waals surface area contributed by atoms with Crippen molar-refractivity contribution in [1.82, 2.24) is 5.01 Å². The predicted octanol–water partition coefficient (Wildman–Crippen LogP) is 4.63. The molecule has 0 amide bonds. The highest BCUT2D eigenvalue weighted by Crippen LogP contribution is 2.40. The van der Waals surface area contributed by atoms with E-state index in [1.165, 1.54) is 28.0 Å². The number of benzene rings is 2. The first-order valence-corrected chi connectivity index (χ1v) is 10.4. The molecule has 3 nitrogen and oxygen atoms in total. The van der Waals surface area contributed by atoms with Gasteiger partial charge in [0.25, 0.3) is 0 Å². The van der Waals surface area contributed by atoms with E-state index in [1.54, 1.807) is 0 Å². The van der Waals surface area contributed by atoms with Gasteiger partial charge in [0.05, 0.1) is 12.6 Å². The smallest absolute Gasteiger partial charge is 0.125 e. The summed E-state index contributed by atoms with van der Waals surface area (Å²) in [5, 5.41) is 2.04. The molecule has 5 heteroatoms. The maximum atomic E-state index is 6.42. The van der Waals surface area contributed by atoms with Gasteiger partial charge in [0.15, 0.2) is 0 Å². The number of fused-ring (bicyclic) bond motifs is 1. The molecule has 26 heavy (non-hydrogen) atoms. The van der Waals surface area contributed by atoms with E-state index in [0.717, 1.165) is 38.2 Å². The average molecular weight is 391 g/mol. The number of rotatable bonds is 4. The summed E-state index contributed by atoms with van der Waals surface area (Å²) in [7, 11) is 0. The van der Waals surface area contributed by atoms with E-state index in [0.29, 0.717) is 5.92 Å². The van der Waals surface area contributed by atoms with Gasteiger partial charge in [0.2, 0.25) is 0 Å². The summed E-state index contributed by atoms with van der Waals surface area (Å²) in [5.74, 6) is 8.08. The third-order valence-electron chi connectivity index (χ3n) is 5.49. The standard InChI is InChI=1S/C21H26N2OS.ClH/c1-25-19-13-17-9-11-24-21(17)18(14-19)12-16-8-5-10-23(22)20(16)15-6-3-2-4-7-15;/h2-4,6-7,13-14,16,20H,5,8-12,22H2,1H3;1H/t16-,20+;/m0./s1. The topological polar surface area (TPSA) is 38.5 Å². The number of piperidine rings is 1. The van der Waals surface area contributed by atoms with E-state index in [1.807, 2.05) is 16.8 Å². The van der Waals surface area contributed by atoms with Crippen molar-refractivity contribution in [1.29, 1.82) is 0 Å². The van der Waals surface area contributed by atoms with Crippen LogP contribution in [0.4, 0.5) is 0 Å². The second-order valence-corrected chi connectivity index (χ2v) is 7.95. The van der Waals surface area contributed by atoms with Crippen LogP contribution in [-0.2, 0) is 12.8 Å². The molecule has 2 aromatic carbocycles. The maximum absolute atomic E-state index is 6.42. The Labute approximate surface area is 166 Å². The summed E-state index contributed by atoms with van der Waals surface area (Å²) in [6, 6.07) is 15.6. The van der Waals surface area contributed by atoms with Gasteiger partial charge in [0.1, 0.15) is 5.75 Å². The Balaban J connectivity index is 0.00000196. The number of halogens is 1. The normalized spacial score (nSPS) is 22.4. The molecule has 2 aliphatic rings. The van der Waals surface area contributed by atoms with Gasteiger partial charge in [-0.1, -0.05) is 30.3 Å². The first kappa shape index (κ1) is 19.6. The quantitative estimate of drug-likeness (QED) is 0.610. The second-order valence-electron chi connectivity index (χ2n) is 7.07. The van der Waals surface area contributed by atoms with Crippen molar-refractivity contribution in [3.8, 4) is 5.75 Å². The van der Waals surface area contributed by atoms with Crippen LogP contribution in [0, 0.1) is 5.92 Å². The molecule has 0 radical (unpaired) electrons. The summed E-state index contributed by atoms with van der Waals surface area (Å²) in [6.45, 7) is 1.78. The van der Waals surface area contributed by atoms with E-state index in [4.69, 9.17) is 10.6 Å². The van der Waals surface area contributed by atoms with Crippen molar-refractivity contribution in [2.75, 3.05) is 19.4 Å². The summed E-state index contributed by atoms with van der Waals surface area (Å²) in [5.41, 5.74) is 4.06. The number of hydrogen-bond acceptors (Lipinski definition) is 4. The highest BCUT2D eigenvalue weighted by Gasteiger charge is 2.32. The van der Waals surface area contributed by atoms with E-state index in [-0.39, 0.29) is 18.4 Å². The van der Waals surface area contributed by atoms with Gasteiger partial charge < -0.3 is 4.74 Å². The molecule has 0 bridgehead atoms. The molecular formula is C21H27ClN2OS. The first-order chi connectivity index (χ1) is 12.3. The SMILES string of the molecule is CSc1cc2c(c(C[C@@H]3CCCN(N)[C@@H]3c3ccccc3)c1)OCC2.Cl. The Morgan fingerprint density at radius 1 is 1.23 bits per heavy atom. The minimum atomic E-state index is 0. The van der Waals surface area contributed by atoms with Gasteiger partial charge in [-0.15, -0.1) is 24.2 Å². The summed E-state index contributed by atoms with van der Waals surface area (Å²) in [4.78, 5) is 1.34. The molecule has 0 aliphatic carbocycles. The second kappa shape index (κ2) is 8.66.